The minimum atomic E-state index is -0.0725. The van der Waals surface area contributed by atoms with Gasteiger partial charge in [-0.05, 0) is 43.2 Å². The molecule has 160 valence electrons. The maximum atomic E-state index is 12.9. The van der Waals surface area contributed by atoms with E-state index in [0.717, 1.165) is 29.7 Å². The lowest BCUT2D eigenvalue weighted by molar-refractivity contribution is 0.0595. The van der Waals surface area contributed by atoms with E-state index in [0.29, 0.717) is 24.4 Å². The molecule has 5 heteroatoms. The molecule has 1 aliphatic heterocycles. The molecule has 1 saturated heterocycles. The highest BCUT2D eigenvalue weighted by Gasteiger charge is 2.25. The lowest BCUT2D eigenvalue weighted by Gasteiger charge is -2.32. The highest BCUT2D eigenvalue weighted by molar-refractivity contribution is 5.94. The molecule has 0 radical (unpaired) electrons. The molecular formula is C26H28N2O3. The fraction of sp³-hybridized carbons (Fsp3) is 0.308. The number of aryl methyl sites for hydroxylation is 2. The lowest BCUT2D eigenvalue weighted by Crippen LogP contribution is -2.41. The second kappa shape index (κ2) is 8.80. The van der Waals surface area contributed by atoms with Gasteiger partial charge in [-0.25, -0.2) is 0 Å². The molecule has 0 atom stereocenters. The van der Waals surface area contributed by atoms with Crippen LogP contribution in [0.3, 0.4) is 0 Å². The fourth-order valence-corrected chi connectivity index (χ4v) is 3.91. The maximum Gasteiger partial charge on any atom is 0.254 e. The van der Waals surface area contributed by atoms with Gasteiger partial charge in [0.2, 0.25) is 0 Å². The van der Waals surface area contributed by atoms with Crippen LogP contribution in [0.1, 0.15) is 34.5 Å². The van der Waals surface area contributed by atoms with Crippen molar-refractivity contribution < 1.29 is 9.53 Å². The van der Waals surface area contributed by atoms with E-state index >= 15 is 0 Å². The topological polar surface area (TPSA) is 51.5 Å². The minimum Gasteiger partial charge on any atom is -0.490 e. The van der Waals surface area contributed by atoms with Crippen molar-refractivity contribution >= 4 is 5.91 Å². The Labute approximate surface area is 182 Å². The Morgan fingerprint density at radius 2 is 1.48 bits per heavy atom. The van der Waals surface area contributed by atoms with E-state index in [-0.39, 0.29) is 17.6 Å². The summed E-state index contributed by atoms with van der Waals surface area (Å²) in [6, 6.07) is 19.6. The van der Waals surface area contributed by atoms with Crippen molar-refractivity contribution in [2.75, 3.05) is 13.1 Å². The van der Waals surface area contributed by atoms with Crippen molar-refractivity contribution in [1.29, 1.82) is 0 Å². The smallest absolute Gasteiger partial charge is 0.254 e. The second-order valence-electron chi connectivity index (χ2n) is 8.28. The van der Waals surface area contributed by atoms with E-state index in [1.807, 2.05) is 42.2 Å². The minimum absolute atomic E-state index is 0.0134. The van der Waals surface area contributed by atoms with Crippen LogP contribution >= 0.6 is 0 Å². The molecule has 4 rings (SSSR count). The van der Waals surface area contributed by atoms with Gasteiger partial charge in [-0.3, -0.25) is 9.59 Å². The lowest BCUT2D eigenvalue weighted by atomic mass is 10.0. The first kappa shape index (κ1) is 20.9. The Morgan fingerprint density at radius 3 is 2.06 bits per heavy atom. The number of rotatable bonds is 4. The molecule has 2 aromatic carbocycles. The number of carbonyl (C=O) groups excluding carboxylic acids is 1. The zero-order valence-corrected chi connectivity index (χ0v) is 18.3. The Bertz CT molecular complexity index is 1120. The number of hydrogen-bond acceptors (Lipinski definition) is 3. The average Bonchev–Trinajstić information content (AvgIpc) is 2.78. The van der Waals surface area contributed by atoms with Crippen LogP contribution in [-0.2, 0) is 7.05 Å². The number of piperidine rings is 1. The Hall–Kier alpha value is -3.34. The molecule has 31 heavy (non-hydrogen) atoms. The Morgan fingerprint density at radius 1 is 0.903 bits per heavy atom. The van der Waals surface area contributed by atoms with E-state index in [2.05, 4.69) is 31.2 Å². The molecule has 0 saturated carbocycles. The van der Waals surface area contributed by atoms with E-state index in [4.69, 9.17) is 4.74 Å². The van der Waals surface area contributed by atoms with Gasteiger partial charge in [-0.2, -0.15) is 0 Å². The standard InChI is InChI=1S/C26H28N2O3/c1-18-4-6-20(7-5-18)21-8-10-22(11-9-21)26(30)28-14-12-23(13-15-28)31-24-16-19(2)27(3)25(29)17-24/h4-11,16-17,23H,12-15H2,1-3H3. The van der Waals surface area contributed by atoms with E-state index in [1.165, 1.54) is 11.6 Å². The van der Waals surface area contributed by atoms with Crippen LogP contribution in [0.15, 0.2) is 65.5 Å². The summed E-state index contributed by atoms with van der Waals surface area (Å²) in [6.07, 6.45) is 1.52. The summed E-state index contributed by atoms with van der Waals surface area (Å²) < 4.78 is 7.62. The number of pyridine rings is 1. The van der Waals surface area contributed by atoms with Gasteiger partial charge in [0.1, 0.15) is 11.9 Å². The van der Waals surface area contributed by atoms with Gasteiger partial charge in [-0.15, -0.1) is 0 Å². The number of hydrogen-bond donors (Lipinski definition) is 0. The Kier molecular flexibility index (Phi) is 5.94. The number of aromatic nitrogens is 1. The molecule has 0 spiro atoms. The fourth-order valence-electron chi connectivity index (χ4n) is 3.91. The number of likely N-dealkylation sites (tertiary alicyclic amines) is 1. The quantitative estimate of drug-likeness (QED) is 0.635. The van der Waals surface area contributed by atoms with Crippen LogP contribution in [0.5, 0.6) is 5.75 Å². The van der Waals surface area contributed by atoms with Crippen molar-refractivity contribution in [3.8, 4) is 16.9 Å². The van der Waals surface area contributed by atoms with Gasteiger partial charge in [0.25, 0.3) is 11.5 Å². The number of ether oxygens (including phenoxy) is 1. The van der Waals surface area contributed by atoms with Crippen LogP contribution in [0, 0.1) is 13.8 Å². The molecule has 1 amide bonds. The molecule has 2 heterocycles. The van der Waals surface area contributed by atoms with Crippen LogP contribution in [0.25, 0.3) is 11.1 Å². The first-order chi connectivity index (χ1) is 14.9. The van der Waals surface area contributed by atoms with Gasteiger partial charge in [0, 0.05) is 50.3 Å². The maximum absolute atomic E-state index is 12.9. The highest BCUT2D eigenvalue weighted by Crippen LogP contribution is 2.23. The van der Waals surface area contributed by atoms with Gasteiger partial charge in [0.15, 0.2) is 0 Å². The van der Waals surface area contributed by atoms with Crippen LogP contribution in [-0.4, -0.2) is 34.6 Å². The molecule has 1 aliphatic rings. The SMILES string of the molecule is Cc1ccc(-c2ccc(C(=O)N3CCC(Oc4cc(C)n(C)c(=O)c4)CC3)cc2)cc1. The molecule has 5 nitrogen and oxygen atoms in total. The molecule has 3 aromatic rings. The summed E-state index contributed by atoms with van der Waals surface area (Å²) in [7, 11) is 1.75. The molecular weight excluding hydrogens is 388 g/mol. The second-order valence-corrected chi connectivity index (χ2v) is 8.28. The van der Waals surface area contributed by atoms with Gasteiger partial charge in [-0.1, -0.05) is 42.0 Å². The molecule has 0 unspecified atom stereocenters. The number of nitrogens with zero attached hydrogens (tertiary/aromatic N) is 2. The van der Waals surface area contributed by atoms with Gasteiger partial charge < -0.3 is 14.2 Å². The third kappa shape index (κ3) is 4.71. The van der Waals surface area contributed by atoms with Crippen LogP contribution in [0.2, 0.25) is 0 Å². The van der Waals surface area contributed by atoms with Crippen molar-refractivity contribution in [3.05, 3.63) is 87.8 Å². The first-order valence-electron chi connectivity index (χ1n) is 10.7. The monoisotopic (exact) mass is 416 g/mol. The first-order valence-corrected chi connectivity index (χ1v) is 10.7. The normalized spacial score (nSPS) is 14.5. The van der Waals surface area contributed by atoms with Crippen molar-refractivity contribution in [2.24, 2.45) is 7.05 Å². The predicted molar refractivity (Wildman–Crippen MR) is 123 cm³/mol. The molecule has 0 bridgehead atoms. The number of benzene rings is 2. The molecule has 0 aliphatic carbocycles. The number of amides is 1. The van der Waals surface area contributed by atoms with Gasteiger partial charge in [0.05, 0.1) is 0 Å². The summed E-state index contributed by atoms with van der Waals surface area (Å²) in [5, 5.41) is 0. The zero-order chi connectivity index (χ0) is 22.0. The summed E-state index contributed by atoms with van der Waals surface area (Å²) in [5.74, 6) is 0.662. The Balaban J connectivity index is 1.36. The highest BCUT2D eigenvalue weighted by atomic mass is 16.5. The van der Waals surface area contributed by atoms with Crippen LogP contribution < -0.4 is 10.3 Å². The summed E-state index contributed by atoms with van der Waals surface area (Å²) in [5.41, 5.74) is 4.98. The summed E-state index contributed by atoms with van der Waals surface area (Å²) in [6.45, 7) is 5.25. The van der Waals surface area contributed by atoms with E-state index < -0.39 is 0 Å². The van der Waals surface area contributed by atoms with Crippen molar-refractivity contribution in [3.63, 3.8) is 0 Å². The average molecular weight is 417 g/mol. The largest absolute Gasteiger partial charge is 0.490 e. The predicted octanol–water partition coefficient (Wildman–Crippen LogP) is 4.35. The summed E-state index contributed by atoms with van der Waals surface area (Å²) >= 11 is 0. The molecule has 1 fully saturated rings. The zero-order valence-electron chi connectivity index (χ0n) is 18.3. The molecule has 0 N–H and O–H groups in total. The van der Waals surface area contributed by atoms with E-state index in [9.17, 15) is 9.59 Å². The van der Waals surface area contributed by atoms with Crippen molar-refractivity contribution in [2.45, 2.75) is 32.8 Å². The van der Waals surface area contributed by atoms with Gasteiger partial charge >= 0.3 is 0 Å². The molecule has 1 aromatic heterocycles. The summed E-state index contributed by atoms with van der Waals surface area (Å²) in [4.78, 5) is 26.8. The van der Waals surface area contributed by atoms with Crippen LogP contribution in [0.4, 0.5) is 0 Å². The van der Waals surface area contributed by atoms with E-state index in [1.54, 1.807) is 11.6 Å². The van der Waals surface area contributed by atoms with Crippen molar-refractivity contribution in [1.82, 2.24) is 9.47 Å². The number of carbonyl (C=O) groups is 1. The third-order valence-corrected chi connectivity index (χ3v) is 6.03. The third-order valence-electron chi connectivity index (χ3n) is 6.03.